The van der Waals surface area contributed by atoms with Crippen LogP contribution in [0.1, 0.15) is 30.9 Å². The van der Waals surface area contributed by atoms with Crippen LogP contribution < -0.4 is 5.32 Å². The number of halogens is 1. The number of phenolic OH excluding ortho intramolecular Hbond substituents is 1. The summed E-state index contributed by atoms with van der Waals surface area (Å²) in [5.41, 5.74) is 0.837. The number of hydrogen-bond acceptors (Lipinski definition) is 3. The van der Waals surface area contributed by atoms with E-state index in [1.807, 2.05) is 6.07 Å². The molecule has 5 nitrogen and oxygen atoms in total. The van der Waals surface area contributed by atoms with E-state index in [4.69, 9.17) is 0 Å². The van der Waals surface area contributed by atoms with Gasteiger partial charge in [-0.3, -0.25) is 9.59 Å². The minimum atomic E-state index is -0.792. The van der Waals surface area contributed by atoms with Crippen molar-refractivity contribution in [1.29, 1.82) is 0 Å². The van der Waals surface area contributed by atoms with Crippen LogP contribution in [0.25, 0.3) is 0 Å². The molecule has 0 aliphatic carbocycles. The molecule has 0 saturated carbocycles. The third kappa shape index (κ3) is 3.96. The summed E-state index contributed by atoms with van der Waals surface area (Å²) in [5.74, 6) is -1.44. The van der Waals surface area contributed by atoms with E-state index in [-0.39, 0.29) is 17.3 Å². The lowest BCUT2D eigenvalue weighted by Gasteiger charge is -2.34. The summed E-state index contributed by atoms with van der Waals surface area (Å²) in [6.45, 7) is 0.500. The summed E-state index contributed by atoms with van der Waals surface area (Å²) in [6, 6.07) is 11.6. The third-order valence-electron chi connectivity index (χ3n) is 4.19. The Morgan fingerprint density at radius 3 is 2.60 bits per heavy atom. The number of anilines is 1. The molecule has 25 heavy (non-hydrogen) atoms. The first-order valence-corrected chi connectivity index (χ1v) is 8.19. The van der Waals surface area contributed by atoms with Gasteiger partial charge in [0.1, 0.15) is 17.6 Å². The molecule has 1 aliphatic heterocycles. The van der Waals surface area contributed by atoms with Crippen LogP contribution in [0.15, 0.2) is 48.5 Å². The Morgan fingerprint density at radius 2 is 1.92 bits per heavy atom. The van der Waals surface area contributed by atoms with E-state index in [9.17, 15) is 19.1 Å². The molecule has 2 aromatic carbocycles. The van der Waals surface area contributed by atoms with E-state index in [1.54, 1.807) is 29.2 Å². The largest absolute Gasteiger partial charge is 0.508 e. The monoisotopic (exact) mass is 342 g/mol. The highest BCUT2D eigenvalue weighted by atomic mass is 19.1. The first-order chi connectivity index (χ1) is 12.0. The number of likely N-dealkylation sites (tertiary alicyclic amines) is 1. The van der Waals surface area contributed by atoms with E-state index < -0.39 is 17.8 Å². The van der Waals surface area contributed by atoms with Gasteiger partial charge >= 0.3 is 0 Å². The smallest absolute Gasteiger partial charge is 0.251 e. The number of phenols is 1. The maximum Gasteiger partial charge on any atom is 0.251 e. The van der Waals surface area contributed by atoms with Crippen LogP contribution in [-0.2, 0) is 9.59 Å². The molecule has 2 N–H and O–H groups in total. The number of amides is 2. The zero-order valence-electron chi connectivity index (χ0n) is 13.6. The highest BCUT2D eigenvalue weighted by molar-refractivity contribution is 5.98. The van der Waals surface area contributed by atoms with Gasteiger partial charge in [0.15, 0.2) is 0 Å². The van der Waals surface area contributed by atoms with E-state index in [2.05, 4.69) is 5.32 Å². The molecule has 1 heterocycles. The van der Waals surface area contributed by atoms with Crippen LogP contribution in [0.5, 0.6) is 5.75 Å². The maximum atomic E-state index is 13.4. The summed E-state index contributed by atoms with van der Waals surface area (Å²) >= 11 is 0. The van der Waals surface area contributed by atoms with Crippen LogP contribution in [0, 0.1) is 5.82 Å². The molecular formula is C19H19FN2O3. The van der Waals surface area contributed by atoms with Gasteiger partial charge in [0, 0.05) is 30.8 Å². The molecule has 6 heteroatoms. The van der Waals surface area contributed by atoms with Crippen molar-refractivity contribution < 1.29 is 19.1 Å². The van der Waals surface area contributed by atoms with Gasteiger partial charge < -0.3 is 15.3 Å². The molecule has 0 unspecified atom stereocenters. The van der Waals surface area contributed by atoms with Crippen molar-refractivity contribution in [2.45, 2.75) is 25.3 Å². The summed E-state index contributed by atoms with van der Waals surface area (Å²) in [4.78, 5) is 26.8. The molecule has 0 aromatic heterocycles. The molecule has 1 aliphatic rings. The first-order valence-electron chi connectivity index (χ1n) is 8.19. The molecular weight excluding hydrogens is 323 g/mol. The van der Waals surface area contributed by atoms with Crippen LogP contribution >= 0.6 is 0 Å². The first kappa shape index (κ1) is 17.0. The number of aromatic hydroxyl groups is 1. The Hall–Kier alpha value is -2.89. The van der Waals surface area contributed by atoms with Crippen molar-refractivity contribution in [3.05, 3.63) is 59.9 Å². The quantitative estimate of drug-likeness (QED) is 0.896. The van der Waals surface area contributed by atoms with Crippen molar-refractivity contribution in [3.8, 4) is 5.75 Å². The highest BCUT2D eigenvalue weighted by Crippen LogP contribution is 2.28. The summed E-state index contributed by atoms with van der Waals surface area (Å²) < 4.78 is 13.4. The van der Waals surface area contributed by atoms with Crippen molar-refractivity contribution >= 4 is 17.5 Å². The molecule has 2 amide bonds. The number of piperidine rings is 1. The fourth-order valence-electron chi connectivity index (χ4n) is 3.06. The van der Waals surface area contributed by atoms with Gasteiger partial charge in [0.05, 0.1) is 0 Å². The van der Waals surface area contributed by atoms with Crippen LogP contribution in [0.3, 0.4) is 0 Å². The molecule has 0 radical (unpaired) electrons. The van der Waals surface area contributed by atoms with E-state index in [1.165, 1.54) is 6.07 Å². The highest BCUT2D eigenvalue weighted by Gasteiger charge is 2.32. The molecule has 0 bridgehead atoms. The Balaban J connectivity index is 1.90. The van der Waals surface area contributed by atoms with Gasteiger partial charge in [-0.15, -0.1) is 0 Å². The predicted octanol–water partition coefficient (Wildman–Crippen LogP) is 3.22. The molecule has 1 atom stereocenters. The average molecular weight is 342 g/mol. The Morgan fingerprint density at radius 1 is 1.16 bits per heavy atom. The number of nitrogens with one attached hydrogen (secondary N) is 1. The Kier molecular flexibility index (Phi) is 4.97. The minimum Gasteiger partial charge on any atom is -0.508 e. The fourth-order valence-corrected chi connectivity index (χ4v) is 3.06. The van der Waals surface area contributed by atoms with Gasteiger partial charge in [-0.2, -0.15) is 0 Å². The fraction of sp³-hybridized carbons (Fsp3) is 0.263. The van der Waals surface area contributed by atoms with E-state index in [0.717, 1.165) is 25.0 Å². The summed E-state index contributed by atoms with van der Waals surface area (Å²) in [7, 11) is 0. The molecule has 1 fully saturated rings. The molecule has 1 saturated heterocycles. The van der Waals surface area contributed by atoms with Crippen molar-refractivity contribution in [1.82, 2.24) is 4.90 Å². The standard InChI is InChI=1S/C19H19FN2O3/c20-14-10-15(12-16(23)11-14)21-19(25)18(13-6-2-1-3-7-13)22-9-5-4-8-17(22)24/h1-3,6-7,10-12,18,23H,4-5,8-9H2,(H,21,25)/t18-/m1/s1. The third-order valence-corrected chi connectivity index (χ3v) is 4.19. The van der Waals surface area contributed by atoms with Crippen LogP contribution in [0.4, 0.5) is 10.1 Å². The summed E-state index contributed by atoms with van der Waals surface area (Å²) in [5, 5.41) is 12.1. The number of rotatable bonds is 4. The SMILES string of the molecule is O=C(Nc1cc(O)cc(F)c1)[C@@H](c1ccccc1)N1CCCCC1=O. The van der Waals surface area contributed by atoms with Gasteiger partial charge in [0.25, 0.3) is 5.91 Å². The zero-order valence-corrected chi connectivity index (χ0v) is 13.6. The van der Waals surface area contributed by atoms with Gasteiger partial charge in [-0.1, -0.05) is 30.3 Å². The van der Waals surface area contributed by atoms with Crippen LogP contribution in [-0.4, -0.2) is 28.4 Å². The summed E-state index contributed by atoms with van der Waals surface area (Å²) in [6.07, 6.45) is 2.07. The zero-order chi connectivity index (χ0) is 17.8. The lowest BCUT2D eigenvalue weighted by atomic mass is 10.0. The van der Waals surface area contributed by atoms with Gasteiger partial charge in [0.2, 0.25) is 5.91 Å². The number of carbonyl (C=O) groups is 2. The minimum absolute atomic E-state index is 0.0719. The molecule has 0 spiro atoms. The average Bonchev–Trinajstić information content (AvgIpc) is 2.57. The maximum absolute atomic E-state index is 13.4. The van der Waals surface area contributed by atoms with E-state index in [0.29, 0.717) is 18.5 Å². The second-order valence-corrected chi connectivity index (χ2v) is 6.04. The molecule has 130 valence electrons. The van der Waals surface area contributed by atoms with Gasteiger partial charge in [-0.25, -0.2) is 4.39 Å². The number of benzene rings is 2. The second-order valence-electron chi connectivity index (χ2n) is 6.04. The number of carbonyl (C=O) groups excluding carboxylic acids is 2. The van der Waals surface area contributed by atoms with Gasteiger partial charge in [-0.05, 0) is 24.5 Å². The lowest BCUT2D eigenvalue weighted by molar-refractivity contribution is -0.141. The van der Waals surface area contributed by atoms with Crippen molar-refractivity contribution in [3.63, 3.8) is 0 Å². The van der Waals surface area contributed by atoms with E-state index >= 15 is 0 Å². The molecule has 2 aromatic rings. The van der Waals surface area contributed by atoms with Crippen LogP contribution in [0.2, 0.25) is 0 Å². The Labute approximate surface area is 145 Å². The van der Waals surface area contributed by atoms with Crippen molar-refractivity contribution in [2.75, 3.05) is 11.9 Å². The topological polar surface area (TPSA) is 69.6 Å². The Bertz CT molecular complexity index is 759. The normalized spacial score (nSPS) is 15.7. The predicted molar refractivity (Wildman–Crippen MR) is 91.4 cm³/mol. The number of hydrogen-bond donors (Lipinski definition) is 2. The number of nitrogens with zero attached hydrogens (tertiary/aromatic N) is 1. The molecule has 3 rings (SSSR count). The second kappa shape index (κ2) is 7.34. The lowest BCUT2D eigenvalue weighted by Crippen LogP contribution is -2.43. The van der Waals surface area contributed by atoms with Crippen molar-refractivity contribution in [2.24, 2.45) is 0 Å².